The zero-order valence-corrected chi connectivity index (χ0v) is 14.8. The Morgan fingerprint density at radius 3 is 2.79 bits per heavy atom. The van der Waals surface area contributed by atoms with Crippen LogP contribution < -0.4 is 15.4 Å². The molecule has 0 aromatic heterocycles. The second-order valence-electron chi connectivity index (χ2n) is 6.38. The van der Waals surface area contributed by atoms with Crippen molar-refractivity contribution in [1.29, 1.82) is 0 Å². The van der Waals surface area contributed by atoms with Crippen molar-refractivity contribution >= 4 is 24.0 Å². The molecule has 2 aliphatic rings. The van der Waals surface area contributed by atoms with Gasteiger partial charge in [-0.1, -0.05) is 12.1 Å². The normalized spacial score (nSPS) is 21.1. The molecule has 1 atom stereocenters. The quantitative estimate of drug-likeness (QED) is 0.824. The highest BCUT2D eigenvalue weighted by molar-refractivity contribution is 5.92. The molecule has 0 saturated carbocycles. The van der Waals surface area contributed by atoms with Crippen LogP contribution in [0.15, 0.2) is 24.3 Å². The second-order valence-corrected chi connectivity index (χ2v) is 6.38. The molecule has 0 spiro atoms. The number of amides is 1. The van der Waals surface area contributed by atoms with Crippen LogP contribution in [0.1, 0.15) is 32.1 Å². The van der Waals surface area contributed by atoms with Gasteiger partial charge in [-0.05, 0) is 50.4 Å². The van der Waals surface area contributed by atoms with E-state index in [4.69, 9.17) is 9.47 Å². The molecule has 2 heterocycles. The minimum atomic E-state index is 0. The molecule has 2 N–H and O–H groups in total. The smallest absolute Gasteiger partial charge is 0.224 e. The summed E-state index contributed by atoms with van der Waals surface area (Å²) in [6, 6.07) is 7.64. The first-order chi connectivity index (χ1) is 11.3. The van der Waals surface area contributed by atoms with Crippen LogP contribution in [-0.4, -0.2) is 38.3 Å². The van der Waals surface area contributed by atoms with Crippen LogP contribution in [0.25, 0.3) is 0 Å². The number of carbonyl (C=O) groups excluding carboxylic acids is 1. The number of hydrogen-bond donors (Lipinski definition) is 2. The van der Waals surface area contributed by atoms with E-state index < -0.39 is 0 Å². The maximum atomic E-state index is 12.2. The third-order valence-corrected chi connectivity index (χ3v) is 4.58. The van der Waals surface area contributed by atoms with Crippen LogP contribution in [0, 0.1) is 5.92 Å². The molecule has 2 fully saturated rings. The van der Waals surface area contributed by atoms with E-state index >= 15 is 0 Å². The molecule has 24 heavy (non-hydrogen) atoms. The predicted molar refractivity (Wildman–Crippen MR) is 97.0 cm³/mol. The van der Waals surface area contributed by atoms with Crippen LogP contribution in [0.2, 0.25) is 0 Å². The maximum absolute atomic E-state index is 12.2. The monoisotopic (exact) mass is 354 g/mol. The zero-order chi connectivity index (χ0) is 15.9. The van der Waals surface area contributed by atoms with Crippen LogP contribution in [0.3, 0.4) is 0 Å². The first kappa shape index (κ1) is 19.0. The molecular weight excluding hydrogens is 328 g/mol. The molecule has 134 valence electrons. The number of para-hydroxylation sites is 2. The Bertz CT molecular complexity index is 515. The fourth-order valence-corrected chi connectivity index (χ4v) is 3.18. The molecule has 0 radical (unpaired) electrons. The number of hydrogen-bond acceptors (Lipinski definition) is 4. The number of benzene rings is 1. The minimum Gasteiger partial charge on any atom is -0.486 e. The van der Waals surface area contributed by atoms with Crippen molar-refractivity contribution in [2.24, 2.45) is 5.92 Å². The van der Waals surface area contributed by atoms with E-state index in [1.165, 1.54) is 12.8 Å². The zero-order valence-electron chi connectivity index (χ0n) is 14.0. The van der Waals surface area contributed by atoms with Crippen molar-refractivity contribution in [3.05, 3.63) is 24.3 Å². The average Bonchev–Trinajstić information content (AvgIpc) is 3.09. The van der Waals surface area contributed by atoms with E-state index in [9.17, 15) is 4.79 Å². The number of piperidine rings is 1. The van der Waals surface area contributed by atoms with Gasteiger partial charge in [-0.25, -0.2) is 0 Å². The number of carbonyl (C=O) groups is 1. The molecule has 0 bridgehead atoms. The van der Waals surface area contributed by atoms with Crippen LogP contribution in [0.4, 0.5) is 5.69 Å². The van der Waals surface area contributed by atoms with Gasteiger partial charge in [0.15, 0.2) is 0 Å². The highest BCUT2D eigenvalue weighted by Gasteiger charge is 2.19. The maximum Gasteiger partial charge on any atom is 0.224 e. The van der Waals surface area contributed by atoms with Crippen LogP contribution in [-0.2, 0) is 9.53 Å². The van der Waals surface area contributed by atoms with Crippen LogP contribution >= 0.6 is 12.4 Å². The fourth-order valence-electron chi connectivity index (χ4n) is 3.18. The molecule has 1 aromatic carbocycles. The van der Waals surface area contributed by atoms with Crippen molar-refractivity contribution in [1.82, 2.24) is 5.32 Å². The molecule has 6 heteroatoms. The molecule has 1 amide bonds. The van der Waals surface area contributed by atoms with Crippen molar-refractivity contribution in [3.8, 4) is 5.75 Å². The van der Waals surface area contributed by atoms with Gasteiger partial charge in [0.1, 0.15) is 11.9 Å². The van der Waals surface area contributed by atoms with Gasteiger partial charge in [0.25, 0.3) is 0 Å². The number of rotatable bonds is 6. The summed E-state index contributed by atoms with van der Waals surface area (Å²) >= 11 is 0. The van der Waals surface area contributed by atoms with E-state index in [0.717, 1.165) is 44.0 Å². The molecule has 3 rings (SSSR count). The lowest BCUT2D eigenvalue weighted by Gasteiger charge is -2.22. The molecule has 2 saturated heterocycles. The van der Waals surface area contributed by atoms with E-state index in [1.807, 2.05) is 24.3 Å². The molecule has 0 aliphatic carbocycles. The summed E-state index contributed by atoms with van der Waals surface area (Å²) in [5, 5.41) is 6.36. The van der Waals surface area contributed by atoms with Crippen LogP contribution in [0.5, 0.6) is 5.75 Å². The predicted octanol–water partition coefficient (Wildman–Crippen LogP) is 2.99. The number of nitrogens with one attached hydrogen (secondary N) is 2. The highest BCUT2D eigenvalue weighted by atomic mass is 35.5. The molecule has 1 unspecified atom stereocenters. The second kappa shape index (κ2) is 9.87. The third-order valence-electron chi connectivity index (χ3n) is 4.58. The van der Waals surface area contributed by atoms with Gasteiger partial charge in [-0.3, -0.25) is 4.79 Å². The first-order valence-corrected chi connectivity index (χ1v) is 8.65. The van der Waals surface area contributed by atoms with Gasteiger partial charge >= 0.3 is 0 Å². The highest BCUT2D eigenvalue weighted by Crippen LogP contribution is 2.27. The number of halogens is 1. The average molecular weight is 355 g/mol. The van der Waals surface area contributed by atoms with Gasteiger partial charge in [-0.2, -0.15) is 0 Å². The van der Waals surface area contributed by atoms with Gasteiger partial charge in [0.2, 0.25) is 5.91 Å². The Hall–Kier alpha value is -1.30. The summed E-state index contributed by atoms with van der Waals surface area (Å²) in [4.78, 5) is 12.2. The largest absolute Gasteiger partial charge is 0.486 e. The van der Waals surface area contributed by atoms with E-state index in [0.29, 0.717) is 18.9 Å². The molecule has 5 nitrogen and oxygen atoms in total. The molecule has 2 aliphatic heterocycles. The molecular formula is C18H27ClN2O3. The Morgan fingerprint density at radius 2 is 2.04 bits per heavy atom. The van der Waals surface area contributed by atoms with E-state index in [2.05, 4.69) is 10.6 Å². The Morgan fingerprint density at radius 1 is 1.25 bits per heavy atom. The van der Waals surface area contributed by atoms with Gasteiger partial charge in [0.05, 0.1) is 18.9 Å². The van der Waals surface area contributed by atoms with Crippen molar-refractivity contribution < 1.29 is 14.3 Å². The van der Waals surface area contributed by atoms with Gasteiger partial charge in [0, 0.05) is 12.8 Å². The summed E-state index contributed by atoms with van der Waals surface area (Å²) in [7, 11) is 0. The Balaban J connectivity index is 0.00000208. The Kier molecular flexibility index (Phi) is 7.82. The fraction of sp³-hybridized carbons (Fsp3) is 0.611. The summed E-state index contributed by atoms with van der Waals surface area (Å²) < 4.78 is 11.3. The lowest BCUT2D eigenvalue weighted by molar-refractivity contribution is -0.116. The lowest BCUT2D eigenvalue weighted by Crippen LogP contribution is -2.28. The first-order valence-electron chi connectivity index (χ1n) is 8.65. The third kappa shape index (κ3) is 5.65. The molecule has 1 aromatic rings. The summed E-state index contributed by atoms with van der Waals surface area (Å²) in [6.45, 7) is 3.52. The standard InChI is InChI=1S/C18H26N2O3.ClH/c21-18(6-5-14-7-10-19-11-8-14)20-16-3-1-2-4-17(16)23-15-9-12-22-13-15;/h1-4,14-15,19H,5-13H2,(H,20,21);1H. The minimum absolute atomic E-state index is 0. The topological polar surface area (TPSA) is 59.6 Å². The summed E-state index contributed by atoms with van der Waals surface area (Å²) in [5.74, 6) is 1.48. The van der Waals surface area contributed by atoms with Crippen molar-refractivity contribution in [2.75, 3.05) is 31.6 Å². The van der Waals surface area contributed by atoms with E-state index in [-0.39, 0.29) is 24.4 Å². The van der Waals surface area contributed by atoms with Gasteiger partial charge < -0.3 is 20.1 Å². The summed E-state index contributed by atoms with van der Waals surface area (Å²) in [6.07, 6.45) is 4.88. The lowest BCUT2D eigenvalue weighted by atomic mass is 9.93. The Labute approximate surface area is 149 Å². The number of anilines is 1. The van der Waals surface area contributed by atoms with E-state index in [1.54, 1.807) is 0 Å². The van der Waals surface area contributed by atoms with Gasteiger partial charge in [-0.15, -0.1) is 12.4 Å². The summed E-state index contributed by atoms with van der Waals surface area (Å²) in [5.41, 5.74) is 0.759. The SMILES string of the molecule is Cl.O=C(CCC1CCNCC1)Nc1ccccc1OC1CCOC1. The number of ether oxygens (including phenoxy) is 2. The van der Waals surface area contributed by atoms with Crippen molar-refractivity contribution in [2.45, 2.75) is 38.2 Å². The van der Waals surface area contributed by atoms with Crippen molar-refractivity contribution in [3.63, 3.8) is 0 Å².